The van der Waals surface area contributed by atoms with Gasteiger partial charge in [0.2, 0.25) is 6.79 Å². The van der Waals surface area contributed by atoms with Crippen LogP contribution in [0, 0.1) is 0 Å². The third-order valence-corrected chi connectivity index (χ3v) is 5.72. The van der Waals surface area contributed by atoms with Gasteiger partial charge in [-0.2, -0.15) is 5.10 Å². The summed E-state index contributed by atoms with van der Waals surface area (Å²) in [6, 6.07) is 13.2. The molecule has 3 aromatic rings. The van der Waals surface area contributed by atoms with Crippen LogP contribution in [0.25, 0.3) is 0 Å². The van der Waals surface area contributed by atoms with Gasteiger partial charge in [-0.1, -0.05) is 18.2 Å². The fourth-order valence-electron chi connectivity index (χ4n) is 4.18. The molecule has 2 aliphatic rings. The van der Waals surface area contributed by atoms with Gasteiger partial charge < -0.3 is 19.5 Å². The van der Waals surface area contributed by atoms with E-state index in [9.17, 15) is 4.79 Å². The minimum absolute atomic E-state index is 0.0573. The number of nitrogens with one attached hydrogen (secondary N) is 1. The minimum Gasteiger partial charge on any atom is -0.496 e. The highest BCUT2D eigenvalue weighted by molar-refractivity contribution is 5.95. The molecular formula is C23H23N3O4. The van der Waals surface area contributed by atoms with Crippen LogP contribution in [0.1, 0.15) is 46.1 Å². The number of benzene rings is 2. The van der Waals surface area contributed by atoms with Crippen LogP contribution >= 0.6 is 0 Å². The van der Waals surface area contributed by atoms with Crippen molar-refractivity contribution in [2.45, 2.75) is 31.8 Å². The second kappa shape index (κ2) is 7.74. The number of hydrogen-bond donors (Lipinski definition) is 1. The molecule has 0 spiro atoms. The molecule has 1 atom stereocenters. The standard InChI is InChI=1S/C23H23N3O4/c1-28-20-8-3-2-5-16(20)13-26-19-7-4-6-18(17(19)12-24-26)25-23(27)15-9-10-21-22(11-15)30-14-29-21/h2-3,5,8-12,18H,4,6-7,13-14H2,1H3,(H,25,27)/t18-/m1/s1. The molecular weight excluding hydrogens is 382 g/mol. The molecule has 0 unspecified atom stereocenters. The molecule has 0 bridgehead atoms. The first-order valence-electron chi connectivity index (χ1n) is 10.1. The highest BCUT2D eigenvalue weighted by Gasteiger charge is 2.27. The zero-order chi connectivity index (χ0) is 20.5. The number of ether oxygens (including phenoxy) is 3. The van der Waals surface area contributed by atoms with Crippen LogP contribution in [0.15, 0.2) is 48.7 Å². The first kappa shape index (κ1) is 18.5. The second-order valence-electron chi connectivity index (χ2n) is 7.50. The number of methoxy groups -OCH3 is 1. The molecule has 1 amide bonds. The van der Waals surface area contributed by atoms with Gasteiger partial charge in [-0.15, -0.1) is 0 Å². The van der Waals surface area contributed by atoms with Gasteiger partial charge >= 0.3 is 0 Å². The fraction of sp³-hybridized carbons (Fsp3) is 0.304. The molecule has 7 heteroatoms. The number of fused-ring (bicyclic) bond motifs is 2. The number of para-hydroxylation sites is 1. The molecule has 2 heterocycles. The monoisotopic (exact) mass is 405 g/mol. The molecule has 2 aromatic carbocycles. The molecule has 1 aliphatic heterocycles. The van der Waals surface area contributed by atoms with Crippen molar-refractivity contribution in [3.63, 3.8) is 0 Å². The van der Waals surface area contributed by atoms with Crippen molar-refractivity contribution >= 4 is 5.91 Å². The number of aromatic nitrogens is 2. The topological polar surface area (TPSA) is 74.6 Å². The van der Waals surface area contributed by atoms with E-state index in [0.717, 1.165) is 36.1 Å². The Bertz CT molecular complexity index is 1090. The predicted octanol–water partition coefficient (Wildman–Crippen LogP) is 3.48. The number of carbonyl (C=O) groups is 1. The van der Waals surface area contributed by atoms with Gasteiger partial charge in [0.05, 0.1) is 25.9 Å². The quantitative estimate of drug-likeness (QED) is 0.704. The second-order valence-corrected chi connectivity index (χ2v) is 7.50. The largest absolute Gasteiger partial charge is 0.496 e. The van der Waals surface area contributed by atoms with E-state index in [2.05, 4.69) is 16.5 Å². The Morgan fingerprint density at radius 2 is 2.10 bits per heavy atom. The molecule has 1 aromatic heterocycles. The highest BCUT2D eigenvalue weighted by atomic mass is 16.7. The average Bonchev–Trinajstić information content (AvgIpc) is 3.41. The van der Waals surface area contributed by atoms with E-state index < -0.39 is 0 Å². The molecule has 30 heavy (non-hydrogen) atoms. The lowest BCUT2D eigenvalue weighted by Gasteiger charge is -2.24. The smallest absolute Gasteiger partial charge is 0.251 e. The van der Waals surface area contributed by atoms with Crippen LogP contribution in [0.3, 0.4) is 0 Å². The number of amides is 1. The Hall–Kier alpha value is -3.48. The van der Waals surface area contributed by atoms with Crippen molar-refractivity contribution in [3.05, 3.63) is 71.0 Å². The molecule has 154 valence electrons. The summed E-state index contributed by atoms with van der Waals surface area (Å²) < 4.78 is 18.2. The van der Waals surface area contributed by atoms with Crippen LogP contribution in [0.4, 0.5) is 0 Å². The fourth-order valence-corrected chi connectivity index (χ4v) is 4.18. The summed E-state index contributed by atoms with van der Waals surface area (Å²) in [7, 11) is 1.68. The minimum atomic E-state index is -0.122. The number of carbonyl (C=O) groups excluding carboxylic acids is 1. The lowest BCUT2D eigenvalue weighted by atomic mass is 9.92. The van der Waals surface area contributed by atoms with Crippen LogP contribution in [0.5, 0.6) is 17.2 Å². The predicted molar refractivity (Wildman–Crippen MR) is 110 cm³/mol. The Kier molecular flexibility index (Phi) is 4.78. The molecule has 7 nitrogen and oxygen atoms in total. The van der Waals surface area contributed by atoms with Gasteiger partial charge in [0, 0.05) is 22.4 Å². The third kappa shape index (κ3) is 3.36. The first-order chi connectivity index (χ1) is 14.7. The third-order valence-electron chi connectivity index (χ3n) is 5.72. The van der Waals surface area contributed by atoms with Gasteiger partial charge in [0.1, 0.15) is 5.75 Å². The maximum Gasteiger partial charge on any atom is 0.251 e. The molecule has 1 N–H and O–H groups in total. The maximum absolute atomic E-state index is 12.9. The summed E-state index contributed by atoms with van der Waals surface area (Å²) in [6.45, 7) is 0.833. The zero-order valence-electron chi connectivity index (χ0n) is 16.8. The molecule has 5 rings (SSSR count). The Labute approximate surface area is 174 Å². The van der Waals surface area contributed by atoms with Gasteiger partial charge in [-0.25, -0.2) is 0 Å². The lowest BCUT2D eigenvalue weighted by molar-refractivity contribution is 0.0932. The lowest BCUT2D eigenvalue weighted by Crippen LogP contribution is -2.31. The SMILES string of the molecule is COc1ccccc1Cn1ncc2c1CCC[C@H]2NC(=O)c1ccc2c(c1)OCO2. The van der Waals surface area contributed by atoms with Crippen molar-refractivity contribution in [2.75, 3.05) is 13.9 Å². The van der Waals surface area contributed by atoms with Gasteiger partial charge in [0.15, 0.2) is 11.5 Å². The van der Waals surface area contributed by atoms with E-state index in [0.29, 0.717) is 23.6 Å². The van der Waals surface area contributed by atoms with Crippen molar-refractivity contribution in [2.24, 2.45) is 0 Å². The Morgan fingerprint density at radius 3 is 3.00 bits per heavy atom. The zero-order valence-corrected chi connectivity index (χ0v) is 16.8. The summed E-state index contributed by atoms with van der Waals surface area (Å²) in [5, 5.41) is 7.79. The summed E-state index contributed by atoms with van der Waals surface area (Å²) in [6.07, 6.45) is 4.72. The molecule has 1 aliphatic carbocycles. The summed E-state index contributed by atoms with van der Waals surface area (Å²) in [4.78, 5) is 12.9. The van der Waals surface area contributed by atoms with Crippen molar-refractivity contribution in [1.29, 1.82) is 0 Å². The van der Waals surface area contributed by atoms with Crippen molar-refractivity contribution in [3.8, 4) is 17.2 Å². The van der Waals surface area contributed by atoms with Gasteiger partial charge in [0.25, 0.3) is 5.91 Å². The highest BCUT2D eigenvalue weighted by Crippen LogP contribution is 2.34. The van der Waals surface area contributed by atoms with E-state index in [1.165, 1.54) is 5.69 Å². The number of nitrogens with zero attached hydrogens (tertiary/aromatic N) is 2. The van der Waals surface area contributed by atoms with E-state index in [1.54, 1.807) is 25.3 Å². The van der Waals surface area contributed by atoms with Gasteiger partial charge in [-0.05, 0) is 43.5 Å². The van der Waals surface area contributed by atoms with E-state index >= 15 is 0 Å². The number of rotatable bonds is 5. The van der Waals surface area contributed by atoms with Crippen LogP contribution < -0.4 is 19.5 Å². The molecule has 0 fully saturated rings. The van der Waals surface area contributed by atoms with Crippen molar-refractivity contribution < 1.29 is 19.0 Å². The van der Waals surface area contributed by atoms with E-state index in [4.69, 9.17) is 14.2 Å². The van der Waals surface area contributed by atoms with Crippen molar-refractivity contribution in [1.82, 2.24) is 15.1 Å². The summed E-state index contributed by atoms with van der Waals surface area (Å²) in [5.74, 6) is 2.01. The molecule has 0 saturated carbocycles. The van der Waals surface area contributed by atoms with E-state index in [-0.39, 0.29) is 18.7 Å². The summed E-state index contributed by atoms with van der Waals surface area (Å²) >= 11 is 0. The first-order valence-corrected chi connectivity index (χ1v) is 10.1. The molecule has 0 saturated heterocycles. The van der Waals surface area contributed by atoms with Crippen LogP contribution in [-0.4, -0.2) is 29.6 Å². The maximum atomic E-state index is 12.9. The number of hydrogen-bond acceptors (Lipinski definition) is 5. The molecule has 0 radical (unpaired) electrons. The summed E-state index contributed by atoms with van der Waals surface area (Å²) in [5.41, 5.74) is 3.90. The normalized spacial score (nSPS) is 16.8. The van der Waals surface area contributed by atoms with Crippen LogP contribution in [-0.2, 0) is 13.0 Å². The van der Waals surface area contributed by atoms with E-state index in [1.807, 2.05) is 29.1 Å². The Morgan fingerprint density at radius 1 is 1.23 bits per heavy atom. The Balaban J connectivity index is 1.35. The average molecular weight is 405 g/mol. The van der Waals surface area contributed by atoms with Crippen LogP contribution in [0.2, 0.25) is 0 Å². The van der Waals surface area contributed by atoms with Gasteiger partial charge in [-0.3, -0.25) is 9.48 Å².